The van der Waals surface area contributed by atoms with E-state index in [2.05, 4.69) is 10.3 Å². The second kappa shape index (κ2) is 6.68. The van der Waals surface area contributed by atoms with Crippen LogP contribution in [0.2, 0.25) is 0 Å². The molecule has 25 heavy (non-hydrogen) atoms. The number of benzene rings is 2. The molecule has 1 aromatic heterocycles. The summed E-state index contributed by atoms with van der Waals surface area (Å²) in [5.41, 5.74) is 1.36. The quantitative estimate of drug-likeness (QED) is 0.795. The first kappa shape index (κ1) is 15.3. The molecule has 0 radical (unpaired) electrons. The minimum atomic E-state index is -0.230. The van der Waals surface area contributed by atoms with Crippen LogP contribution in [0.5, 0.6) is 11.5 Å². The summed E-state index contributed by atoms with van der Waals surface area (Å²) in [5.74, 6) is 1.22. The lowest BCUT2D eigenvalue weighted by atomic mass is 10.2. The van der Waals surface area contributed by atoms with E-state index in [1.807, 2.05) is 54.6 Å². The molecular weight excluding hydrogens is 318 g/mol. The van der Waals surface area contributed by atoms with E-state index in [-0.39, 0.29) is 12.0 Å². The Balaban J connectivity index is 1.42. The van der Waals surface area contributed by atoms with Gasteiger partial charge in [-0.1, -0.05) is 30.3 Å². The second-order valence-corrected chi connectivity index (χ2v) is 5.69. The van der Waals surface area contributed by atoms with Gasteiger partial charge in [-0.05, 0) is 24.3 Å². The summed E-state index contributed by atoms with van der Waals surface area (Å²) >= 11 is 0. The molecule has 2 heterocycles. The Labute approximate surface area is 145 Å². The number of ether oxygens (including phenoxy) is 2. The van der Waals surface area contributed by atoms with Gasteiger partial charge in [0, 0.05) is 5.69 Å². The van der Waals surface area contributed by atoms with Gasteiger partial charge in [-0.15, -0.1) is 0 Å². The smallest absolute Gasteiger partial charge is 0.270 e. The fraction of sp³-hybridized carbons (Fsp3) is 0.158. The van der Waals surface area contributed by atoms with Gasteiger partial charge < -0.3 is 14.8 Å². The number of imidazole rings is 1. The average Bonchev–Trinajstić information content (AvgIpc) is 3.16. The van der Waals surface area contributed by atoms with Gasteiger partial charge in [0.25, 0.3) is 5.91 Å². The van der Waals surface area contributed by atoms with E-state index in [0.29, 0.717) is 24.6 Å². The maximum Gasteiger partial charge on any atom is 0.270 e. The van der Waals surface area contributed by atoms with Gasteiger partial charge in [-0.2, -0.15) is 0 Å². The van der Waals surface area contributed by atoms with Crippen LogP contribution in [0.1, 0.15) is 10.5 Å². The maximum absolute atomic E-state index is 12.5. The molecule has 0 saturated heterocycles. The number of para-hydroxylation sites is 3. The molecule has 2 aromatic carbocycles. The minimum absolute atomic E-state index is 0.205. The third-order valence-corrected chi connectivity index (χ3v) is 3.96. The monoisotopic (exact) mass is 335 g/mol. The summed E-state index contributed by atoms with van der Waals surface area (Å²) in [6, 6.07) is 17.1. The maximum atomic E-state index is 12.5. The molecule has 0 unspecified atom stereocenters. The lowest BCUT2D eigenvalue weighted by Crippen LogP contribution is -2.41. The highest BCUT2D eigenvalue weighted by Gasteiger charge is 2.22. The lowest BCUT2D eigenvalue weighted by Gasteiger charge is -2.26. The molecular formula is C19H17N3O3. The number of rotatable bonds is 4. The van der Waals surface area contributed by atoms with Crippen LogP contribution in [0.4, 0.5) is 0 Å². The molecule has 0 saturated carbocycles. The molecule has 0 fully saturated rings. The molecule has 1 amide bonds. The van der Waals surface area contributed by atoms with Crippen LogP contribution in [0.15, 0.2) is 67.1 Å². The highest BCUT2D eigenvalue weighted by molar-refractivity contribution is 5.93. The molecule has 0 aliphatic carbocycles. The van der Waals surface area contributed by atoms with Gasteiger partial charge in [0.2, 0.25) is 0 Å². The molecule has 3 aromatic rings. The number of hydrogen-bond acceptors (Lipinski definition) is 4. The van der Waals surface area contributed by atoms with E-state index < -0.39 is 0 Å². The Morgan fingerprint density at radius 2 is 1.88 bits per heavy atom. The minimum Gasteiger partial charge on any atom is -0.486 e. The van der Waals surface area contributed by atoms with Crippen molar-refractivity contribution in [2.45, 2.75) is 6.10 Å². The largest absolute Gasteiger partial charge is 0.486 e. The summed E-state index contributed by atoms with van der Waals surface area (Å²) in [5, 5.41) is 2.89. The fourth-order valence-corrected chi connectivity index (χ4v) is 2.72. The van der Waals surface area contributed by atoms with E-state index in [1.165, 1.54) is 0 Å². The second-order valence-electron chi connectivity index (χ2n) is 5.69. The number of aromatic nitrogens is 2. The molecule has 1 aliphatic rings. The van der Waals surface area contributed by atoms with Crippen LogP contribution in [0, 0.1) is 0 Å². The van der Waals surface area contributed by atoms with Crippen molar-refractivity contribution in [3.8, 4) is 17.2 Å². The van der Waals surface area contributed by atoms with E-state index in [1.54, 1.807) is 17.1 Å². The van der Waals surface area contributed by atoms with Crippen LogP contribution < -0.4 is 14.8 Å². The Bertz CT molecular complexity index is 876. The van der Waals surface area contributed by atoms with Crippen molar-refractivity contribution in [3.63, 3.8) is 0 Å². The first-order valence-corrected chi connectivity index (χ1v) is 8.06. The average molecular weight is 335 g/mol. The summed E-state index contributed by atoms with van der Waals surface area (Å²) < 4.78 is 13.3. The van der Waals surface area contributed by atoms with Crippen molar-refractivity contribution in [1.29, 1.82) is 0 Å². The summed E-state index contributed by atoms with van der Waals surface area (Å²) in [6.07, 6.45) is 2.95. The van der Waals surface area contributed by atoms with E-state index in [4.69, 9.17) is 9.47 Å². The molecule has 0 spiro atoms. The van der Waals surface area contributed by atoms with Crippen molar-refractivity contribution in [1.82, 2.24) is 14.9 Å². The number of carbonyl (C=O) groups excluding carboxylic acids is 1. The SMILES string of the molecule is O=C(NC[C@H]1COc2ccccc2O1)c1cncn1-c1ccccc1. The van der Waals surface area contributed by atoms with Crippen molar-refractivity contribution >= 4 is 5.91 Å². The third kappa shape index (κ3) is 3.19. The van der Waals surface area contributed by atoms with Gasteiger partial charge in [0.15, 0.2) is 11.5 Å². The Kier molecular flexibility index (Phi) is 4.08. The number of nitrogens with zero attached hydrogens (tertiary/aromatic N) is 2. The number of fused-ring (bicyclic) bond motifs is 1. The number of hydrogen-bond donors (Lipinski definition) is 1. The van der Waals surface area contributed by atoms with E-state index in [9.17, 15) is 4.79 Å². The van der Waals surface area contributed by atoms with Gasteiger partial charge in [0.05, 0.1) is 19.1 Å². The first-order valence-electron chi connectivity index (χ1n) is 8.06. The molecule has 1 aliphatic heterocycles. The topological polar surface area (TPSA) is 65.4 Å². The van der Waals surface area contributed by atoms with Gasteiger partial charge in [-0.25, -0.2) is 4.98 Å². The third-order valence-electron chi connectivity index (χ3n) is 3.96. The van der Waals surface area contributed by atoms with Crippen molar-refractivity contribution in [2.24, 2.45) is 0 Å². The Morgan fingerprint density at radius 3 is 2.72 bits per heavy atom. The van der Waals surface area contributed by atoms with Crippen LogP contribution in [-0.4, -0.2) is 34.7 Å². The Morgan fingerprint density at radius 1 is 1.12 bits per heavy atom. The molecule has 126 valence electrons. The number of amides is 1. The van der Waals surface area contributed by atoms with Crippen molar-refractivity contribution < 1.29 is 14.3 Å². The summed E-state index contributed by atoms with van der Waals surface area (Å²) in [6.45, 7) is 0.752. The first-order chi connectivity index (χ1) is 12.3. The molecule has 1 atom stereocenters. The lowest BCUT2D eigenvalue weighted by molar-refractivity contribution is 0.0785. The predicted octanol–water partition coefficient (Wildman–Crippen LogP) is 2.44. The predicted molar refractivity (Wildman–Crippen MR) is 92.3 cm³/mol. The summed E-state index contributed by atoms with van der Waals surface area (Å²) in [4.78, 5) is 16.6. The van der Waals surface area contributed by atoms with Crippen LogP contribution >= 0.6 is 0 Å². The highest BCUT2D eigenvalue weighted by Crippen LogP contribution is 2.30. The van der Waals surface area contributed by atoms with Crippen LogP contribution in [-0.2, 0) is 0 Å². The molecule has 6 nitrogen and oxygen atoms in total. The van der Waals surface area contributed by atoms with Crippen LogP contribution in [0.25, 0.3) is 5.69 Å². The van der Waals surface area contributed by atoms with Gasteiger partial charge in [0.1, 0.15) is 18.4 Å². The zero-order valence-electron chi connectivity index (χ0n) is 13.5. The van der Waals surface area contributed by atoms with Crippen molar-refractivity contribution in [2.75, 3.05) is 13.2 Å². The van der Waals surface area contributed by atoms with E-state index in [0.717, 1.165) is 11.4 Å². The normalized spacial score (nSPS) is 15.6. The zero-order valence-corrected chi connectivity index (χ0v) is 13.5. The van der Waals surface area contributed by atoms with Gasteiger partial charge >= 0.3 is 0 Å². The standard InChI is InChI=1S/C19H17N3O3/c23-19(16-11-20-13-22(16)14-6-2-1-3-7-14)21-10-15-12-24-17-8-4-5-9-18(17)25-15/h1-9,11,13,15H,10,12H2,(H,21,23)/t15-/m0/s1. The van der Waals surface area contributed by atoms with Gasteiger partial charge in [-0.3, -0.25) is 9.36 Å². The van der Waals surface area contributed by atoms with E-state index >= 15 is 0 Å². The van der Waals surface area contributed by atoms with Crippen molar-refractivity contribution in [3.05, 3.63) is 72.8 Å². The van der Waals surface area contributed by atoms with Crippen LogP contribution in [0.3, 0.4) is 0 Å². The molecule has 1 N–H and O–H groups in total. The number of carbonyl (C=O) groups is 1. The Hall–Kier alpha value is -3.28. The fourth-order valence-electron chi connectivity index (χ4n) is 2.72. The highest BCUT2D eigenvalue weighted by atomic mass is 16.6. The molecule has 4 rings (SSSR count). The zero-order chi connectivity index (χ0) is 17.1. The summed E-state index contributed by atoms with van der Waals surface area (Å²) in [7, 11) is 0. The molecule has 0 bridgehead atoms. The molecule has 6 heteroatoms. The number of nitrogens with one attached hydrogen (secondary N) is 1.